The van der Waals surface area contributed by atoms with Crippen molar-refractivity contribution in [3.05, 3.63) is 76.1 Å². The molecule has 0 atom stereocenters. The molecule has 0 bridgehead atoms. The van der Waals surface area contributed by atoms with Crippen LogP contribution in [0.3, 0.4) is 0 Å². The molecule has 2 aromatic carbocycles. The van der Waals surface area contributed by atoms with E-state index in [-0.39, 0.29) is 29.2 Å². The summed E-state index contributed by atoms with van der Waals surface area (Å²) >= 11 is 0. The van der Waals surface area contributed by atoms with E-state index in [1.54, 1.807) is 19.1 Å². The van der Waals surface area contributed by atoms with Gasteiger partial charge in [0.2, 0.25) is 0 Å². The third kappa shape index (κ3) is 3.41. The van der Waals surface area contributed by atoms with Gasteiger partial charge in [0.15, 0.2) is 17.2 Å². The van der Waals surface area contributed by atoms with Crippen LogP contribution in [-0.4, -0.2) is 38.1 Å². The van der Waals surface area contributed by atoms with Crippen LogP contribution in [0.5, 0.6) is 0 Å². The van der Waals surface area contributed by atoms with Gasteiger partial charge in [-0.25, -0.2) is 28.5 Å². The van der Waals surface area contributed by atoms with E-state index < -0.39 is 23.4 Å². The number of aryl methyl sites for hydroxylation is 1. The van der Waals surface area contributed by atoms with Gasteiger partial charge in [0.05, 0.1) is 18.4 Å². The number of rotatable bonds is 5. The Morgan fingerprint density at radius 1 is 1.06 bits per heavy atom. The fourth-order valence-corrected chi connectivity index (χ4v) is 3.44. The molecule has 0 saturated heterocycles. The molecule has 4 aromatic rings. The maximum Gasteiger partial charge on any atom is 0.337 e. The number of carbonyl (C=O) groups is 2. The molecule has 0 spiro atoms. The van der Waals surface area contributed by atoms with Gasteiger partial charge in [0.25, 0.3) is 5.91 Å². The summed E-state index contributed by atoms with van der Waals surface area (Å²) in [5, 5.41) is 0. The van der Waals surface area contributed by atoms with Crippen LogP contribution in [0.15, 0.2) is 53.3 Å². The number of ether oxygens (including phenoxy) is 1. The fourth-order valence-electron chi connectivity index (χ4n) is 3.44. The van der Waals surface area contributed by atoms with Crippen LogP contribution < -0.4 is 11.4 Å². The zero-order valence-corrected chi connectivity index (χ0v) is 17.2. The Labute approximate surface area is 180 Å². The summed E-state index contributed by atoms with van der Waals surface area (Å²) in [6.07, 6.45) is 0. The highest BCUT2D eigenvalue weighted by atomic mass is 19.1. The van der Waals surface area contributed by atoms with Gasteiger partial charge in [-0.3, -0.25) is 9.36 Å². The number of nitrogens with zero attached hydrogens (tertiary/aromatic N) is 4. The molecule has 162 valence electrons. The monoisotopic (exact) mass is 435 g/mol. The maximum absolute atomic E-state index is 13.4. The number of methoxy groups -OCH3 is 1. The number of hydrogen-bond acceptors (Lipinski definition) is 6. The molecule has 2 heterocycles. The minimum atomic E-state index is -0.830. The largest absolute Gasteiger partial charge is 0.465 e. The summed E-state index contributed by atoms with van der Waals surface area (Å²) < 4.78 is 20.8. The van der Waals surface area contributed by atoms with Crippen molar-refractivity contribution in [3.8, 4) is 17.1 Å². The van der Waals surface area contributed by atoms with Crippen LogP contribution in [0.2, 0.25) is 0 Å². The molecular formula is C22H18FN5O4. The molecule has 1 amide bonds. The van der Waals surface area contributed by atoms with Crippen LogP contribution in [0.4, 0.5) is 4.39 Å². The van der Waals surface area contributed by atoms with Crippen molar-refractivity contribution < 1.29 is 18.7 Å². The van der Waals surface area contributed by atoms with Gasteiger partial charge in [-0.1, -0.05) is 12.1 Å². The normalized spacial score (nSPS) is 11.0. The van der Waals surface area contributed by atoms with Gasteiger partial charge in [-0.05, 0) is 43.3 Å². The second kappa shape index (κ2) is 8.06. The highest BCUT2D eigenvalue weighted by molar-refractivity contribution is 6.02. The molecule has 4 rings (SSSR count). The molecule has 32 heavy (non-hydrogen) atoms. The van der Waals surface area contributed by atoms with Crippen molar-refractivity contribution in [2.24, 2.45) is 5.73 Å². The molecule has 2 aromatic heterocycles. The molecule has 0 fully saturated rings. The van der Waals surface area contributed by atoms with Gasteiger partial charge in [-0.15, -0.1) is 0 Å². The average molecular weight is 435 g/mol. The summed E-state index contributed by atoms with van der Waals surface area (Å²) in [7, 11) is 1.28. The second-order valence-electron chi connectivity index (χ2n) is 6.84. The Kier molecular flexibility index (Phi) is 5.27. The number of esters is 1. The fraction of sp³-hybridized carbons (Fsp3) is 0.136. The number of imidazole rings is 1. The Bertz CT molecular complexity index is 1410. The Morgan fingerprint density at radius 3 is 2.28 bits per heavy atom. The van der Waals surface area contributed by atoms with Crippen molar-refractivity contribution in [1.29, 1.82) is 0 Å². The first-order chi connectivity index (χ1) is 15.3. The van der Waals surface area contributed by atoms with E-state index in [4.69, 9.17) is 10.5 Å². The van der Waals surface area contributed by atoms with E-state index in [1.807, 2.05) is 0 Å². The molecule has 0 saturated carbocycles. The predicted octanol–water partition coefficient (Wildman–Crippen LogP) is 2.29. The third-order valence-corrected chi connectivity index (χ3v) is 4.97. The second-order valence-corrected chi connectivity index (χ2v) is 6.84. The quantitative estimate of drug-likeness (QED) is 0.480. The van der Waals surface area contributed by atoms with Crippen LogP contribution >= 0.6 is 0 Å². The van der Waals surface area contributed by atoms with Crippen molar-refractivity contribution in [2.75, 3.05) is 7.11 Å². The van der Waals surface area contributed by atoms with Gasteiger partial charge in [0.1, 0.15) is 11.3 Å². The van der Waals surface area contributed by atoms with Gasteiger partial charge < -0.3 is 10.5 Å². The van der Waals surface area contributed by atoms with Crippen molar-refractivity contribution in [3.63, 3.8) is 0 Å². The molecule has 2 N–H and O–H groups in total. The van der Waals surface area contributed by atoms with Crippen molar-refractivity contribution in [2.45, 2.75) is 13.5 Å². The topological polar surface area (TPSA) is 122 Å². The molecule has 0 radical (unpaired) electrons. The first-order valence-corrected chi connectivity index (χ1v) is 9.63. The first kappa shape index (κ1) is 20.9. The number of carbonyl (C=O) groups excluding carboxylic acids is 2. The molecule has 0 aliphatic heterocycles. The van der Waals surface area contributed by atoms with Crippen molar-refractivity contribution >= 4 is 23.0 Å². The SMILES string of the molecule is CCn1c(=O)n(-c2ccc(F)cc2)c2nc(-c3ccc(C(=O)OC)cc3)nc(C(N)=O)c21. The summed E-state index contributed by atoms with van der Waals surface area (Å²) in [6.45, 7) is 1.97. The lowest BCUT2D eigenvalue weighted by Gasteiger charge is -2.08. The maximum atomic E-state index is 13.4. The third-order valence-electron chi connectivity index (χ3n) is 4.97. The van der Waals surface area contributed by atoms with E-state index in [2.05, 4.69) is 9.97 Å². The van der Waals surface area contributed by atoms with E-state index >= 15 is 0 Å². The number of fused-ring (bicyclic) bond motifs is 1. The van der Waals surface area contributed by atoms with Crippen LogP contribution in [0, 0.1) is 5.82 Å². The molecular weight excluding hydrogens is 417 g/mol. The Hall–Kier alpha value is -4.34. The molecule has 0 unspecified atom stereocenters. The van der Waals surface area contributed by atoms with Gasteiger partial charge in [-0.2, -0.15) is 0 Å². The average Bonchev–Trinajstić information content (AvgIpc) is 3.09. The highest BCUT2D eigenvalue weighted by Gasteiger charge is 2.23. The van der Waals surface area contributed by atoms with Crippen LogP contribution in [-0.2, 0) is 11.3 Å². The van der Waals surface area contributed by atoms with E-state index in [0.717, 1.165) is 0 Å². The van der Waals surface area contributed by atoms with Crippen LogP contribution in [0.1, 0.15) is 27.8 Å². The van der Waals surface area contributed by atoms with Gasteiger partial charge >= 0.3 is 11.7 Å². The zero-order chi connectivity index (χ0) is 23.0. The predicted molar refractivity (Wildman–Crippen MR) is 114 cm³/mol. The number of primary amides is 1. The van der Waals surface area contributed by atoms with Crippen molar-refractivity contribution in [1.82, 2.24) is 19.1 Å². The number of halogens is 1. The summed E-state index contributed by atoms with van der Waals surface area (Å²) in [6, 6.07) is 11.6. The zero-order valence-electron chi connectivity index (χ0n) is 17.2. The summed E-state index contributed by atoms with van der Waals surface area (Å²) in [5.41, 5.74) is 6.52. The lowest BCUT2D eigenvalue weighted by atomic mass is 10.1. The smallest absolute Gasteiger partial charge is 0.337 e. The lowest BCUT2D eigenvalue weighted by molar-refractivity contribution is 0.0600. The van der Waals surface area contributed by atoms with E-state index in [9.17, 15) is 18.8 Å². The highest BCUT2D eigenvalue weighted by Crippen LogP contribution is 2.24. The molecule has 0 aliphatic carbocycles. The number of hydrogen-bond donors (Lipinski definition) is 1. The molecule has 9 nitrogen and oxygen atoms in total. The Balaban J connectivity index is 2.02. The first-order valence-electron chi connectivity index (χ1n) is 9.63. The van der Waals surface area contributed by atoms with Crippen LogP contribution in [0.25, 0.3) is 28.2 Å². The summed E-state index contributed by atoms with van der Waals surface area (Å²) in [5.74, 6) is -1.66. The number of benzene rings is 2. The van der Waals surface area contributed by atoms with Gasteiger partial charge in [0, 0.05) is 12.1 Å². The summed E-state index contributed by atoms with van der Waals surface area (Å²) in [4.78, 5) is 45.9. The molecule has 10 heteroatoms. The number of amides is 1. The minimum absolute atomic E-state index is 0.123. The van der Waals surface area contributed by atoms with E-state index in [0.29, 0.717) is 16.8 Å². The standard InChI is InChI=1S/C22H18FN5O4/c1-3-27-17-16(18(24)29)25-19(12-4-6-13(7-5-12)21(30)32-2)26-20(17)28(22(27)31)15-10-8-14(23)9-11-15/h4-11H,3H2,1-2H3,(H2,24,29). The Morgan fingerprint density at radius 2 is 1.72 bits per heavy atom. The minimum Gasteiger partial charge on any atom is -0.465 e. The lowest BCUT2D eigenvalue weighted by Crippen LogP contribution is -2.23. The van der Waals surface area contributed by atoms with E-state index in [1.165, 1.54) is 52.6 Å². The number of aromatic nitrogens is 4. The number of nitrogens with two attached hydrogens (primary N) is 1. The molecule has 0 aliphatic rings.